The number of hydrogen-bond donors (Lipinski definition) is 1. The molecule has 1 rings (SSSR count). The van der Waals surface area contributed by atoms with Crippen molar-refractivity contribution in [3.8, 4) is 0 Å². The molecule has 0 atom stereocenters. The second kappa shape index (κ2) is 7.35. The molecule has 0 aliphatic carbocycles. The summed E-state index contributed by atoms with van der Waals surface area (Å²) in [5.74, 6) is 0.320. The molecule has 0 saturated heterocycles. The molecule has 2 N–H and O–H groups in total. The standard InChI is InChI=1S/C13H22FN3/c1-11(2)9-17(5-3-4-15)10-12-6-13(14)8-16-7-12/h6-8,11H,3-5,9-10,15H2,1-2H3. The van der Waals surface area contributed by atoms with Crippen LogP contribution in [0.4, 0.5) is 4.39 Å². The van der Waals surface area contributed by atoms with Crippen molar-refractivity contribution in [2.45, 2.75) is 26.8 Å². The molecule has 0 saturated carbocycles. The third kappa shape index (κ3) is 5.75. The average Bonchev–Trinajstić information content (AvgIpc) is 2.25. The summed E-state index contributed by atoms with van der Waals surface area (Å²) in [7, 11) is 0. The first kappa shape index (κ1) is 14.1. The highest BCUT2D eigenvalue weighted by molar-refractivity contribution is 5.09. The van der Waals surface area contributed by atoms with E-state index >= 15 is 0 Å². The molecule has 0 aliphatic rings. The first-order valence-electron chi connectivity index (χ1n) is 6.13. The number of pyridine rings is 1. The topological polar surface area (TPSA) is 42.1 Å². The Hall–Kier alpha value is -1.00. The average molecular weight is 239 g/mol. The van der Waals surface area contributed by atoms with Gasteiger partial charge in [0.15, 0.2) is 0 Å². The van der Waals surface area contributed by atoms with Gasteiger partial charge in [-0.2, -0.15) is 0 Å². The summed E-state index contributed by atoms with van der Waals surface area (Å²) in [6.45, 7) is 7.74. The Bertz CT molecular complexity index is 328. The van der Waals surface area contributed by atoms with E-state index in [4.69, 9.17) is 5.73 Å². The van der Waals surface area contributed by atoms with Crippen molar-refractivity contribution >= 4 is 0 Å². The predicted octanol–water partition coefficient (Wildman–Crippen LogP) is 2.03. The van der Waals surface area contributed by atoms with Crippen LogP contribution in [0.25, 0.3) is 0 Å². The number of rotatable bonds is 7. The third-order valence-corrected chi connectivity index (χ3v) is 2.47. The van der Waals surface area contributed by atoms with E-state index in [2.05, 4.69) is 23.7 Å². The zero-order chi connectivity index (χ0) is 12.7. The molecule has 0 unspecified atom stereocenters. The van der Waals surface area contributed by atoms with Crippen LogP contribution in [0.1, 0.15) is 25.8 Å². The molecule has 1 aromatic rings. The van der Waals surface area contributed by atoms with Gasteiger partial charge in [-0.05, 0) is 37.1 Å². The second-order valence-electron chi connectivity index (χ2n) is 4.78. The summed E-state index contributed by atoms with van der Waals surface area (Å²) in [6.07, 6.45) is 3.92. The number of nitrogens with zero attached hydrogens (tertiary/aromatic N) is 2. The fourth-order valence-electron chi connectivity index (χ4n) is 1.87. The lowest BCUT2D eigenvalue weighted by Gasteiger charge is -2.24. The first-order chi connectivity index (χ1) is 8.11. The summed E-state index contributed by atoms with van der Waals surface area (Å²) < 4.78 is 13.0. The Morgan fingerprint density at radius 2 is 2.18 bits per heavy atom. The van der Waals surface area contributed by atoms with E-state index in [0.717, 1.165) is 31.6 Å². The van der Waals surface area contributed by atoms with Gasteiger partial charge in [0.25, 0.3) is 0 Å². The van der Waals surface area contributed by atoms with Gasteiger partial charge in [-0.3, -0.25) is 9.88 Å². The second-order valence-corrected chi connectivity index (χ2v) is 4.78. The van der Waals surface area contributed by atoms with Crippen molar-refractivity contribution in [2.24, 2.45) is 11.7 Å². The van der Waals surface area contributed by atoms with Gasteiger partial charge in [-0.15, -0.1) is 0 Å². The molecule has 3 nitrogen and oxygen atoms in total. The molecule has 0 aromatic carbocycles. The van der Waals surface area contributed by atoms with Crippen LogP contribution in [-0.2, 0) is 6.54 Å². The maximum Gasteiger partial charge on any atom is 0.141 e. The lowest BCUT2D eigenvalue weighted by molar-refractivity contribution is 0.234. The maximum atomic E-state index is 13.0. The fraction of sp³-hybridized carbons (Fsp3) is 0.615. The van der Waals surface area contributed by atoms with Crippen LogP contribution in [0, 0.1) is 11.7 Å². The van der Waals surface area contributed by atoms with Gasteiger partial charge in [0.1, 0.15) is 5.82 Å². The largest absolute Gasteiger partial charge is 0.330 e. The molecule has 0 aliphatic heterocycles. The van der Waals surface area contributed by atoms with Crippen molar-refractivity contribution in [1.82, 2.24) is 9.88 Å². The summed E-state index contributed by atoms with van der Waals surface area (Å²) in [5.41, 5.74) is 6.45. The zero-order valence-corrected chi connectivity index (χ0v) is 10.7. The van der Waals surface area contributed by atoms with E-state index in [1.165, 1.54) is 6.20 Å². The van der Waals surface area contributed by atoms with Gasteiger partial charge in [-0.1, -0.05) is 13.8 Å². The van der Waals surface area contributed by atoms with E-state index in [0.29, 0.717) is 12.5 Å². The summed E-state index contributed by atoms with van der Waals surface area (Å²) in [4.78, 5) is 6.17. The Kier molecular flexibility index (Phi) is 6.08. The quantitative estimate of drug-likeness (QED) is 0.791. The molecule has 96 valence electrons. The molecule has 1 aromatic heterocycles. The van der Waals surface area contributed by atoms with Gasteiger partial charge >= 0.3 is 0 Å². The molecule has 1 heterocycles. The Morgan fingerprint density at radius 3 is 2.76 bits per heavy atom. The zero-order valence-electron chi connectivity index (χ0n) is 10.7. The highest BCUT2D eigenvalue weighted by Crippen LogP contribution is 2.08. The van der Waals surface area contributed by atoms with E-state index in [1.807, 2.05) is 0 Å². The van der Waals surface area contributed by atoms with Crippen molar-refractivity contribution < 1.29 is 4.39 Å². The normalized spacial score (nSPS) is 11.4. The Labute approximate surface area is 103 Å². The minimum atomic E-state index is -0.272. The van der Waals surface area contributed by atoms with Crippen LogP contribution in [0.5, 0.6) is 0 Å². The SMILES string of the molecule is CC(C)CN(CCCN)Cc1cncc(F)c1. The van der Waals surface area contributed by atoms with Crippen LogP contribution >= 0.6 is 0 Å². The number of hydrogen-bond acceptors (Lipinski definition) is 3. The van der Waals surface area contributed by atoms with Crippen molar-refractivity contribution in [2.75, 3.05) is 19.6 Å². The van der Waals surface area contributed by atoms with Crippen molar-refractivity contribution in [3.05, 3.63) is 29.8 Å². The van der Waals surface area contributed by atoms with Crippen LogP contribution < -0.4 is 5.73 Å². The Morgan fingerprint density at radius 1 is 1.41 bits per heavy atom. The first-order valence-corrected chi connectivity index (χ1v) is 6.13. The lowest BCUT2D eigenvalue weighted by Crippen LogP contribution is -2.29. The maximum absolute atomic E-state index is 13.0. The molecular weight excluding hydrogens is 217 g/mol. The Balaban J connectivity index is 2.58. The van der Waals surface area contributed by atoms with Gasteiger partial charge < -0.3 is 5.73 Å². The smallest absolute Gasteiger partial charge is 0.141 e. The summed E-state index contributed by atoms with van der Waals surface area (Å²) in [5, 5.41) is 0. The van der Waals surface area contributed by atoms with E-state index in [-0.39, 0.29) is 5.82 Å². The van der Waals surface area contributed by atoms with Crippen LogP contribution in [0.15, 0.2) is 18.5 Å². The highest BCUT2D eigenvalue weighted by atomic mass is 19.1. The van der Waals surface area contributed by atoms with Crippen molar-refractivity contribution in [1.29, 1.82) is 0 Å². The molecule has 0 amide bonds. The highest BCUT2D eigenvalue weighted by Gasteiger charge is 2.08. The summed E-state index contributed by atoms with van der Waals surface area (Å²) in [6, 6.07) is 1.54. The molecule has 0 fully saturated rings. The minimum absolute atomic E-state index is 0.272. The van der Waals surface area contributed by atoms with Gasteiger partial charge in [0.05, 0.1) is 6.20 Å². The third-order valence-electron chi connectivity index (χ3n) is 2.47. The van der Waals surface area contributed by atoms with Gasteiger partial charge in [0.2, 0.25) is 0 Å². The number of halogens is 1. The molecule has 4 heteroatoms. The molecule has 0 bridgehead atoms. The van der Waals surface area contributed by atoms with Crippen molar-refractivity contribution in [3.63, 3.8) is 0 Å². The fourth-order valence-corrected chi connectivity index (χ4v) is 1.87. The molecule has 17 heavy (non-hydrogen) atoms. The summed E-state index contributed by atoms with van der Waals surface area (Å²) >= 11 is 0. The predicted molar refractivity (Wildman–Crippen MR) is 68.0 cm³/mol. The lowest BCUT2D eigenvalue weighted by atomic mass is 10.1. The van der Waals surface area contributed by atoms with Crippen LogP contribution in [-0.4, -0.2) is 29.5 Å². The van der Waals surface area contributed by atoms with Crippen LogP contribution in [0.3, 0.4) is 0 Å². The number of aromatic nitrogens is 1. The van der Waals surface area contributed by atoms with E-state index in [9.17, 15) is 4.39 Å². The number of nitrogens with two attached hydrogens (primary N) is 1. The van der Waals surface area contributed by atoms with Gasteiger partial charge in [-0.25, -0.2) is 4.39 Å². The van der Waals surface area contributed by atoms with Crippen LogP contribution in [0.2, 0.25) is 0 Å². The minimum Gasteiger partial charge on any atom is -0.330 e. The molecule has 0 spiro atoms. The van der Waals surface area contributed by atoms with E-state index < -0.39 is 0 Å². The molecule has 0 radical (unpaired) electrons. The van der Waals surface area contributed by atoms with Gasteiger partial charge in [0, 0.05) is 19.3 Å². The molecular formula is C13H22FN3. The monoisotopic (exact) mass is 239 g/mol. The van der Waals surface area contributed by atoms with E-state index in [1.54, 1.807) is 12.3 Å².